The van der Waals surface area contributed by atoms with Crippen LogP contribution in [0.25, 0.3) is 0 Å². The van der Waals surface area contributed by atoms with Gasteiger partial charge in [-0.15, -0.1) is 0 Å². The highest BCUT2D eigenvalue weighted by molar-refractivity contribution is 4.88. The first-order valence-electron chi connectivity index (χ1n) is 4.03. The second-order valence-electron chi connectivity index (χ2n) is 2.82. The molecule has 0 unspecified atom stereocenters. The summed E-state index contributed by atoms with van der Waals surface area (Å²) in [6.07, 6.45) is 6.30. The van der Waals surface area contributed by atoms with E-state index in [9.17, 15) is 0 Å². The molecule has 0 saturated carbocycles. The van der Waals surface area contributed by atoms with E-state index in [1.165, 1.54) is 6.42 Å². The van der Waals surface area contributed by atoms with E-state index in [1.807, 2.05) is 13.8 Å². The highest BCUT2D eigenvalue weighted by Gasteiger charge is 2.02. The minimum absolute atomic E-state index is 0.215. The Kier molecular flexibility index (Phi) is 5.32. The molecule has 0 aromatic carbocycles. The normalized spacial score (nSPS) is 17.6. The summed E-state index contributed by atoms with van der Waals surface area (Å²) >= 11 is 0. The predicted molar refractivity (Wildman–Crippen MR) is 44.9 cm³/mol. The topological polar surface area (TPSA) is 20.2 Å². The molecular weight excluding hydrogens is 124 g/mol. The van der Waals surface area contributed by atoms with Crippen molar-refractivity contribution >= 4 is 0 Å². The van der Waals surface area contributed by atoms with Crippen LogP contribution in [0.4, 0.5) is 0 Å². The first kappa shape index (κ1) is 9.70. The highest BCUT2D eigenvalue weighted by Crippen LogP contribution is 2.04. The molecule has 60 valence electrons. The van der Waals surface area contributed by atoms with Crippen molar-refractivity contribution in [2.24, 2.45) is 5.92 Å². The summed E-state index contributed by atoms with van der Waals surface area (Å²) in [7, 11) is 0. The molecule has 1 nitrogen and oxygen atoms in total. The predicted octanol–water partition coefficient (Wildman–Crippen LogP) is 2.36. The molecule has 0 aliphatic rings. The lowest BCUT2D eigenvalue weighted by Gasteiger charge is -2.07. The minimum Gasteiger partial charge on any atom is -0.393 e. The Labute approximate surface area is 63.8 Å². The van der Waals surface area contributed by atoms with Crippen molar-refractivity contribution in [2.45, 2.75) is 39.7 Å². The Morgan fingerprint density at radius 2 is 2.00 bits per heavy atom. The van der Waals surface area contributed by atoms with Crippen LogP contribution in [-0.2, 0) is 0 Å². The number of hydrogen-bond acceptors (Lipinski definition) is 1. The molecule has 1 N–H and O–H groups in total. The van der Waals surface area contributed by atoms with Crippen molar-refractivity contribution in [3.05, 3.63) is 12.2 Å². The van der Waals surface area contributed by atoms with Gasteiger partial charge in [0.2, 0.25) is 0 Å². The van der Waals surface area contributed by atoms with Crippen molar-refractivity contribution in [3.8, 4) is 0 Å². The largest absolute Gasteiger partial charge is 0.393 e. The van der Waals surface area contributed by atoms with Crippen LogP contribution in [0, 0.1) is 5.92 Å². The van der Waals surface area contributed by atoms with Crippen LogP contribution >= 0.6 is 0 Å². The van der Waals surface area contributed by atoms with Crippen LogP contribution in [0.2, 0.25) is 0 Å². The van der Waals surface area contributed by atoms with Gasteiger partial charge in [0.05, 0.1) is 6.10 Å². The van der Waals surface area contributed by atoms with Gasteiger partial charge in [0.1, 0.15) is 0 Å². The van der Waals surface area contributed by atoms with Crippen LogP contribution < -0.4 is 0 Å². The van der Waals surface area contributed by atoms with Crippen molar-refractivity contribution < 1.29 is 5.11 Å². The zero-order valence-electron chi connectivity index (χ0n) is 7.17. The maximum atomic E-state index is 9.07. The third-order valence-electron chi connectivity index (χ3n) is 1.66. The van der Waals surface area contributed by atoms with Crippen molar-refractivity contribution in [1.82, 2.24) is 0 Å². The lowest BCUT2D eigenvalue weighted by Crippen LogP contribution is -2.09. The molecule has 0 aliphatic carbocycles. The summed E-state index contributed by atoms with van der Waals surface area (Å²) < 4.78 is 0. The number of allylic oxidation sites excluding steroid dienone is 1. The molecule has 0 aromatic rings. The molecular formula is C9H18O. The fourth-order valence-electron chi connectivity index (χ4n) is 0.638. The second-order valence-corrected chi connectivity index (χ2v) is 2.82. The molecule has 0 fully saturated rings. The van der Waals surface area contributed by atoms with Gasteiger partial charge in [-0.3, -0.25) is 0 Å². The zero-order valence-corrected chi connectivity index (χ0v) is 7.17. The number of rotatable bonds is 4. The first-order chi connectivity index (χ1) is 4.68. The first-order valence-corrected chi connectivity index (χ1v) is 4.03. The lowest BCUT2D eigenvalue weighted by atomic mass is 10.1. The number of aliphatic hydroxyl groups is 1. The maximum Gasteiger partial charge on any atom is 0.0572 e. The van der Waals surface area contributed by atoms with Gasteiger partial charge in [-0.2, -0.15) is 0 Å². The summed E-state index contributed by atoms with van der Waals surface area (Å²) in [6, 6.07) is 0. The van der Waals surface area contributed by atoms with Crippen LogP contribution in [-0.4, -0.2) is 11.2 Å². The van der Waals surface area contributed by atoms with E-state index >= 15 is 0 Å². The van der Waals surface area contributed by atoms with Gasteiger partial charge in [0.25, 0.3) is 0 Å². The zero-order chi connectivity index (χ0) is 7.98. The van der Waals surface area contributed by atoms with Crippen LogP contribution in [0.3, 0.4) is 0 Å². The van der Waals surface area contributed by atoms with Crippen molar-refractivity contribution in [1.29, 1.82) is 0 Å². The summed E-state index contributed by atoms with van der Waals surface area (Å²) in [5.74, 6) is 0.298. The lowest BCUT2D eigenvalue weighted by molar-refractivity contribution is 0.157. The fraction of sp³-hybridized carbons (Fsp3) is 0.778. The smallest absolute Gasteiger partial charge is 0.0572 e. The molecule has 10 heavy (non-hydrogen) atoms. The van der Waals surface area contributed by atoms with Gasteiger partial charge in [0.15, 0.2) is 0 Å². The summed E-state index contributed by atoms with van der Waals surface area (Å²) in [4.78, 5) is 0. The molecule has 0 aliphatic heterocycles. The van der Waals surface area contributed by atoms with E-state index in [0.717, 1.165) is 6.42 Å². The Balaban J connectivity index is 3.45. The third-order valence-corrected chi connectivity index (χ3v) is 1.66. The van der Waals surface area contributed by atoms with Crippen LogP contribution in [0.15, 0.2) is 12.2 Å². The highest BCUT2D eigenvalue weighted by atomic mass is 16.3. The van der Waals surface area contributed by atoms with Gasteiger partial charge in [-0.1, -0.05) is 32.4 Å². The Bertz CT molecular complexity index is 94.9. The Morgan fingerprint density at radius 3 is 2.40 bits per heavy atom. The van der Waals surface area contributed by atoms with E-state index < -0.39 is 0 Å². The molecule has 0 amide bonds. The minimum atomic E-state index is -0.215. The molecule has 0 bridgehead atoms. The monoisotopic (exact) mass is 142 g/mol. The Hall–Kier alpha value is -0.300. The maximum absolute atomic E-state index is 9.07. The average molecular weight is 142 g/mol. The fourth-order valence-corrected chi connectivity index (χ4v) is 0.638. The number of hydrogen-bond donors (Lipinski definition) is 1. The van der Waals surface area contributed by atoms with Gasteiger partial charge in [-0.05, 0) is 19.3 Å². The van der Waals surface area contributed by atoms with Crippen molar-refractivity contribution in [3.63, 3.8) is 0 Å². The van der Waals surface area contributed by atoms with E-state index in [4.69, 9.17) is 5.11 Å². The standard InChI is InChI=1S/C9H18O/c1-4-5-6-7-8(2)9(3)10/h6-10H,4-5H2,1-3H3/b7-6+/t8-,9-/m1/s1. The molecule has 1 heteroatoms. The van der Waals surface area contributed by atoms with Gasteiger partial charge >= 0.3 is 0 Å². The third kappa shape index (κ3) is 4.57. The van der Waals surface area contributed by atoms with E-state index in [2.05, 4.69) is 19.1 Å². The van der Waals surface area contributed by atoms with Gasteiger partial charge in [0, 0.05) is 0 Å². The molecule has 0 aromatic heterocycles. The summed E-state index contributed by atoms with van der Waals surface area (Å²) in [6.45, 7) is 6.00. The van der Waals surface area contributed by atoms with E-state index in [0.29, 0.717) is 5.92 Å². The van der Waals surface area contributed by atoms with Gasteiger partial charge in [-0.25, -0.2) is 0 Å². The summed E-state index contributed by atoms with van der Waals surface area (Å²) in [5, 5.41) is 9.07. The number of aliphatic hydroxyl groups excluding tert-OH is 1. The Morgan fingerprint density at radius 1 is 1.40 bits per heavy atom. The van der Waals surface area contributed by atoms with Crippen LogP contribution in [0.1, 0.15) is 33.6 Å². The second kappa shape index (κ2) is 5.48. The van der Waals surface area contributed by atoms with Crippen LogP contribution in [0.5, 0.6) is 0 Å². The summed E-state index contributed by atoms with van der Waals surface area (Å²) in [5.41, 5.74) is 0. The molecule has 0 radical (unpaired) electrons. The molecule has 0 rings (SSSR count). The van der Waals surface area contributed by atoms with E-state index in [1.54, 1.807) is 0 Å². The van der Waals surface area contributed by atoms with Gasteiger partial charge < -0.3 is 5.11 Å². The molecule has 0 heterocycles. The van der Waals surface area contributed by atoms with E-state index in [-0.39, 0.29) is 6.10 Å². The molecule has 0 saturated heterocycles. The average Bonchev–Trinajstić information content (AvgIpc) is 1.88. The quantitative estimate of drug-likeness (QED) is 0.597. The number of unbranched alkanes of at least 4 members (excludes halogenated alkanes) is 1. The van der Waals surface area contributed by atoms with Crippen molar-refractivity contribution in [2.75, 3.05) is 0 Å². The molecule has 2 atom stereocenters. The SMILES string of the molecule is CCC/C=C/[C@@H](C)[C@@H](C)O. The molecule has 0 spiro atoms.